The van der Waals surface area contributed by atoms with Crippen molar-refractivity contribution >= 4 is 44.3 Å². The lowest BCUT2D eigenvalue weighted by molar-refractivity contribution is 0.102. The SMILES string of the molecule is O=C(Nc1cccc2ccccc12)c1ccc2oc3ccccc3c2c1. The highest BCUT2D eigenvalue weighted by atomic mass is 16.3. The van der Waals surface area contributed by atoms with Gasteiger partial charge in [0.05, 0.1) is 0 Å². The molecule has 5 rings (SSSR count). The van der Waals surface area contributed by atoms with E-state index in [0.29, 0.717) is 5.56 Å². The van der Waals surface area contributed by atoms with E-state index in [2.05, 4.69) is 5.32 Å². The second-order valence-corrected chi connectivity index (χ2v) is 6.29. The quantitative estimate of drug-likeness (QED) is 0.430. The number of anilines is 1. The summed E-state index contributed by atoms with van der Waals surface area (Å²) < 4.78 is 5.83. The molecule has 1 amide bonds. The Bertz CT molecular complexity index is 1280. The number of fused-ring (bicyclic) bond motifs is 4. The summed E-state index contributed by atoms with van der Waals surface area (Å²) in [5.74, 6) is -0.131. The van der Waals surface area contributed by atoms with E-state index >= 15 is 0 Å². The van der Waals surface area contributed by atoms with E-state index < -0.39 is 0 Å². The average Bonchev–Trinajstić information content (AvgIpc) is 3.06. The van der Waals surface area contributed by atoms with Gasteiger partial charge in [0.2, 0.25) is 0 Å². The Morgan fingerprint density at radius 2 is 1.42 bits per heavy atom. The number of nitrogens with one attached hydrogen (secondary N) is 1. The number of benzene rings is 4. The van der Waals surface area contributed by atoms with Crippen LogP contribution in [0.3, 0.4) is 0 Å². The molecule has 0 bridgehead atoms. The summed E-state index contributed by atoms with van der Waals surface area (Å²) in [7, 11) is 0. The first-order valence-corrected chi connectivity index (χ1v) is 8.50. The number of rotatable bonds is 2. The Kier molecular flexibility index (Phi) is 3.25. The molecular weight excluding hydrogens is 322 g/mol. The Hall–Kier alpha value is -3.59. The lowest BCUT2D eigenvalue weighted by Crippen LogP contribution is -2.11. The number of hydrogen-bond acceptors (Lipinski definition) is 2. The number of amides is 1. The molecule has 0 saturated carbocycles. The normalized spacial score (nSPS) is 11.2. The molecule has 3 heteroatoms. The van der Waals surface area contributed by atoms with Crippen LogP contribution < -0.4 is 5.32 Å². The molecule has 4 aromatic carbocycles. The fraction of sp³-hybridized carbons (Fsp3) is 0. The van der Waals surface area contributed by atoms with Crippen LogP contribution in [-0.4, -0.2) is 5.91 Å². The standard InChI is InChI=1S/C23H15NO2/c25-23(24-20-10-5-7-15-6-1-2-8-17(15)20)16-12-13-22-19(14-16)18-9-3-4-11-21(18)26-22/h1-14H,(H,24,25). The number of carbonyl (C=O) groups is 1. The van der Waals surface area contributed by atoms with Crippen molar-refractivity contribution in [3.05, 3.63) is 90.5 Å². The zero-order chi connectivity index (χ0) is 17.5. The molecule has 124 valence electrons. The molecule has 0 aliphatic rings. The lowest BCUT2D eigenvalue weighted by atomic mass is 10.1. The van der Waals surface area contributed by atoms with Gasteiger partial charge in [-0.25, -0.2) is 0 Å². The molecule has 3 nitrogen and oxygen atoms in total. The molecule has 0 atom stereocenters. The summed E-state index contributed by atoms with van der Waals surface area (Å²) in [4.78, 5) is 12.8. The van der Waals surface area contributed by atoms with Gasteiger partial charge in [0.1, 0.15) is 11.2 Å². The molecule has 5 aromatic rings. The smallest absolute Gasteiger partial charge is 0.255 e. The minimum atomic E-state index is -0.131. The Morgan fingerprint density at radius 3 is 2.35 bits per heavy atom. The average molecular weight is 337 g/mol. The first kappa shape index (κ1) is 14.7. The second kappa shape index (κ2) is 5.74. The van der Waals surface area contributed by atoms with E-state index in [1.807, 2.05) is 78.9 Å². The number of para-hydroxylation sites is 1. The van der Waals surface area contributed by atoms with Crippen LogP contribution in [0.2, 0.25) is 0 Å². The Balaban J connectivity index is 1.56. The van der Waals surface area contributed by atoms with Crippen molar-refractivity contribution < 1.29 is 9.21 Å². The van der Waals surface area contributed by atoms with Crippen LogP contribution in [0.4, 0.5) is 5.69 Å². The molecule has 0 aliphatic carbocycles. The number of hydrogen-bond donors (Lipinski definition) is 1. The number of furan rings is 1. The maximum Gasteiger partial charge on any atom is 0.255 e. The predicted octanol–water partition coefficient (Wildman–Crippen LogP) is 5.99. The summed E-state index contributed by atoms with van der Waals surface area (Å²) in [6, 6.07) is 27.3. The molecular formula is C23H15NO2. The highest BCUT2D eigenvalue weighted by Crippen LogP contribution is 2.30. The van der Waals surface area contributed by atoms with Gasteiger partial charge in [0.25, 0.3) is 5.91 Å². The topological polar surface area (TPSA) is 42.2 Å². The summed E-state index contributed by atoms with van der Waals surface area (Å²) in [5.41, 5.74) is 3.03. The fourth-order valence-electron chi connectivity index (χ4n) is 3.40. The van der Waals surface area contributed by atoms with Gasteiger partial charge in [-0.2, -0.15) is 0 Å². The monoisotopic (exact) mass is 337 g/mol. The van der Waals surface area contributed by atoms with Crippen molar-refractivity contribution in [3.8, 4) is 0 Å². The van der Waals surface area contributed by atoms with E-state index in [9.17, 15) is 4.79 Å². The maximum absolute atomic E-state index is 12.8. The van der Waals surface area contributed by atoms with E-state index in [0.717, 1.165) is 38.4 Å². The van der Waals surface area contributed by atoms with Gasteiger partial charge < -0.3 is 9.73 Å². The second-order valence-electron chi connectivity index (χ2n) is 6.29. The van der Waals surface area contributed by atoms with Crippen molar-refractivity contribution in [2.75, 3.05) is 5.32 Å². The van der Waals surface area contributed by atoms with Gasteiger partial charge >= 0.3 is 0 Å². The van der Waals surface area contributed by atoms with Crippen LogP contribution in [-0.2, 0) is 0 Å². The number of carbonyl (C=O) groups excluding carboxylic acids is 1. The van der Waals surface area contributed by atoms with Crippen LogP contribution in [0.15, 0.2) is 89.3 Å². The minimum Gasteiger partial charge on any atom is -0.456 e. The molecule has 0 saturated heterocycles. The van der Waals surface area contributed by atoms with Crippen LogP contribution in [0.5, 0.6) is 0 Å². The van der Waals surface area contributed by atoms with Gasteiger partial charge in [-0.1, -0.05) is 54.6 Å². The van der Waals surface area contributed by atoms with E-state index in [1.54, 1.807) is 6.07 Å². The third-order valence-electron chi connectivity index (χ3n) is 4.68. The van der Waals surface area contributed by atoms with Crippen LogP contribution in [0, 0.1) is 0 Å². The first-order chi connectivity index (χ1) is 12.8. The molecule has 0 fully saturated rings. The summed E-state index contributed by atoms with van der Waals surface area (Å²) >= 11 is 0. The zero-order valence-electron chi connectivity index (χ0n) is 13.9. The first-order valence-electron chi connectivity index (χ1n) is 8.50. The van der Waals surface area contributed by atoms with Gasteiger partial charge in [-0.15, -0.1) is 0 Å². The van der Waals surface area contributed by atoms with Crippen molar-refractivity contribution in [1.82, 2.24) is 0 Å². The Labute approximate surface area is 149 Å². The summed E-state index contributed by atoms with van der Waals surface area (Å²) in [6.45, 7) is 0. The zero-order valence-corrected chi connectivity index (χ0v) is 13.9. The summed E-state index contributed by atoms with van der Waals surface area (Å²) in [6.07, 6.45) is 0. The van der Waals surface area contributed by atoms with Gasteiger partial charge in [-0.3, -0.25) is 4.79 Å². The van der Waals surface area contributed by atoms with E-state index in [4.69, 9.17) is 4.42 Å². The molecule has 26 heavy (non-hydrogen) atoms. The lowest BCUT2D eigenvalue weighted by Gasteiger charge is -2.09. The third kappa shape index (κ3) is 2.33. The van der Waals surface area contributed by atoms with Crippen LogP contribution in [0.25, 0.3) is 32.7 Å². The van der Waals surface area contributed by atoms with Gasteiger partial charge in [0, 0.05) is 27.4 Å². The van der Waals surface area contributed by atoms with Crippen molar-refractivity contribution in [2.45, 2.75) is 0 Å². The van der Waals surface area contributed by atoms with E-state index in [-0.39, 0.29) is 5.91 Å². The van der Waals surface area contributed by atoms with Crippen molar-refractivity contribution in [3.63, 3.8) is 0 Å². The molecule has 1 N–H and O–H groups in total. The predicted molar refractivity (Wildman–Crippen MR) is 106 cm³/mol. The Morgan fingerprint density at radius 1 is 0.692 bits per heavy atom. The van der Waals surface area contributed by atoms with Crippen LogP contribution in [0.1, 0.15) is 10.4 Å². The highest BCUT2D eigenvalue weighted by Gasteiger charge is 2.12. The molecule has 0 radical (unpaired) electrons. The minimum absolute atomic E-state index is 0.131. The van der Waals surface area contributed by atoms with Crippen molar-refractivity contribution in [2.24, 2.45) is 0 Å². The van der Waals surface area contributed by atoms with Gasteiger partial charge in [0.15, 0.2) is 0 Å². The van der Waals surface area contributed by atoms with Crippen molar-refractivity contribution in [1.29, 1.82) is 0 Å². The molecule has 1 heterocycles. The third-order valence-corrected chi connectivity index (χ3v) is 4.68. The van der Waals surface area contributed by atoms with E-state index in [1.165, 1.54) is 0 Å². The fourth-order valence-corrected chi connectivity index (χ4v) is 3.40. The molecule has 0 unspecified atom stereocenters. The molecule has 0 aliphatic heterocycles. The highest BCUT2D eigenvalue weighted by molar-refractivity contribution is 6.13. The maximum atomic E-state index is 12.8. The van der Waals surface area contributed by atoms with Gasteiger partial charge in [-0.05, 0) is 35.7 Å². The van der Waals surface area contributed by atoms with Crippen LogP contribution >= 0.6 is 0 Å². The molecule has 1 aromatic heterocycles. The largest absolute Gasteiger partial charge is 0.456 e. The molecule has 0 spiro atoms. The summed E-state index contributed by atoms with van der Waals surface area (Å²) in [5, 5.41) is 7.13.